The van der Waals surface area contributed by atoms with Crippen LogP contribution in [0.15, 0.2) is 12.3 Å². The van der Waals surface area contributed by atoms with E-state index in [0.717, 1.165) is 36.9 Å². The number of carbonyl (C=O) groups excluding carboxylic acids is 1. The van der Waals surface area contributed by atoms with Crippen molar-refractivity contribution in [3.63, 3.8) is 0 Å². The molecule has 8 heteroatoms. The molecule has 1 fully saturated rings. The van der Waals surface area contributed by atoms with Crippen LogP contribution in [0.4, 0.5) is 13.2 Å². The lowest BCUT2D eigenvalue weighted by atomic mass is 9.72. The fourth-order valence-electron chi connectivity index (χ4n) is 3.40. The van der Waals surface area contributed by atoms with Gasteiger partial charge in [0.25, 0.3) is 5.91 Å². The van der Waals surface area contributed by atoms with Crippen LogP contribution in [0.2, 0.25) is 0 Å². The third-order valence-corrected chi connectivity index (χ3v) is 5.35. The zero-order chi connectivity index (χ0) is 18.6. The van der Waals surface area contributed by atoms with Crippen molar-refractivity contribution in [3.8, 4) is 0 Å². The summed E-state index contributed by atoms with van der Waals surface area (Å²) in [6, 6.07) is 0. The lowest BCUT2D eigenvalue weighted by Gasteiger charge is -2.41. The zero-order valence-electron chi connectivity index (χ0n) is 14.8. The highest BCUT2D eigenvalue weighted by atomic mass is 19.4. The molecule has 3 rings (SSSR count). The van der Waals surface area contributed by atoms with Crippen molar-refractivity contribution in [1.82, 2.24) is 15.0 Å². The molecule has 1 aliphatic heterocycles. The first-order valence-corrected chi connectivity index (χ1v) is 8.39. The van der Waals surface area contributed by atoms with Crippen molar-refractivity contribution in [2.75, 3.05) is 5.43 Å². The van der Waals surface area contributed by atoms with Crippen LogP contribution < -0.4 is 10.7 Å². The quantitative estimate of drug-likeness (QED) is 0.872. The molecule has 1 aromatic rings. The minimum absolute atomic E-state index is 0.0744. The Hall–Kier alpha value is -1.99. The molecule has 5 nitrogen and oxygen atoms in total. The van der Waals surface area contributed by atoms with Crippen LogP contribution in [0.5, 0.6) is 0 Å². The summed E-state index contributed by atoms with van der Waals surface area (Å²) in [5.41, 5.74) is 0.183. The van der Waals surface area contributed by atoms with Crippen LogP contribution >= 0.6 is 0 Å². The molecule has 138 valence electrons. The number of allylic oxidation sites excluding steroid dienone is 1. The summed E-state index contributed by atoms with van der Waals surface area (Å²) < 4.78 is 41.4. The van der Waals surface area contributed by atoms with E-state index in [2.05, 4.69) is 15.7 Å². The highest BCUT2D eigenvalue weighted by molar-refractivity contribution is 5.93. The average Bonchev–Trinajstić information content (AvgIpc) is 2.77. The van der Waals surface area contributed by atoms with Crippen molar-refractivity contribution in [2.24, 2.45) is 5.92 Å². The maximum absolute atomic E-state index is 13.4. The Morgan fingerprint density at radius 3 is 2.56 bits per heavy atom. The zero-order valence-corrected chi connectivity index (χ0v) is 14.8. The topological polar surface area (TPSA) is 59.0 Å². The number of alkyl halides is 3. The fraction of sp³-hybridized carbons (Fsp3) is 0.647. The number of amides is 1. The second-order valence-corrected chi connectivity index (χ2v) is 7.75. The maximum atomic E-state index is 13.4. The van der Waals surface area contributed by atoms with Gasteiger partial charge in [0.1, 0.15) is 5.69 Å². The first-order chi connectivity index (χ1) is 11.4. The number of nitrogens with zero attached hydrogens (tertiary/aromatic N) is 2. The van der Waals surface area contributed by atoms with Gasteiger partial charge in [-0.3, -0.25) is 4.79 Å². The summed E-state index contributed by atoms with van der Waals surface area (Å²) in [4.78, 5) is 16.8. The van der Waals surface area contributed by atoms with Gasteiger partial charge < -0.3 is 10.7 Å². The Morgan fingerprint density at radius 2 is 2.04 bits per heavy atom. The summed E-state index contributed by atoms with van der Waals surface area (Å²) >= 11 is 0. The second-order valence-electron chi connectivity index (χ2n) is 7.75. The van der Waals surface area contributed by atoms with Gasteiger partial charge in [-0.05, 0) is 58.1 Å². The van der Waals surface area contributed by atoms with Gasteiger partial charge in [-0.2, -0.15) is 13.2 Å². The van der Waals surface area contributed by atoms with E-state index in [9.17, 15) is 18.0 Å². The lowest BCUT2D eigenvalue weighted by Crippen LogP contribution is -2.55. The smallest absolute Gasteiger partial charge is 0.345 e. The Morgan fingerprint density at radius 1 is 1.40 bits per heavy atom. The first-order valence-electron chi connectivity index (χ1n) is 8.39. The van der Waals surface area contributed by atoms with Crippen molar-refractivity contribution in [1.29, 1.82) is 0 Å². The highest BCUT2D eigenvalue weighted by Gasteiger charge is 2.52. The molecule has 2 heterocycles. The van der Waals surface area contributed by atoms with E-state index in [-0.39, 0.29) is 5.69 Å². The van der Waals surface area contributed by atoms with Gasteiger partial charge in [-0.15, -0.1) is 0 Å². The van der Waals surface area contributed by atoms with Gasteiger partial charge in [0.2, 0.25) is 0 Å². The van der Waals surface area contributed by atoms with Crippen LogP contribution in [0.25, 0.3) is 5.57 Å². The fourth-order valence-corrected chi connectivity index (χ4v) is 3.40. The minimum atomic E-state index is -4.50. The van der Waals surface area contributed by atoms with E-state index in [0.29, 0.717) is 17.3 Å². The Balaban J connectivity index is 1.90. The molecule has 0 aromatic carbocycles. The van der Waals surface area contributed by atoms with Crippen molar-refractivity contribution in [3.05, 3.63) is 23.8 Å². The molecule has 1 unspecified atom stereocenters. The maximum Gasteiger partial charge on any atom is 0.416 e. The van der Waals surface area contributed by atoms with E-state index in [1.807, 2.05) is 13.8 Å². The molecule has 1 atom stereocenters. The predicted octanol–water partition coefficient (Wildman–Crippen LogP) is 3.47. The molecule has 2 aliphatic rings. The van der Waals surface area contributed by atoms with E-state index < -0.39 is 23.2 Å². The molecule has 0 radical (unpaired) electrons. The average molecular weight is 356 g/mol. The van der Waals surface area contributed by atoms with E-state index >= 15 is 0 Å². The van der Waals surface area contributed by atoms with Crippen LogP contribution in [-0.2, 0) is 0 Å². The minimum Gasteiger partial charge on any atom is -0.345 e. The number of rotatable bonds is 3. The second kappa shape index (κ2) is 5.51. The Labute approximate surface area is 144 Å². The largest absolute Gasteiger partial charge is 0.416 e. The number of halogens is 3. The number of imidazole rings is 1. The first kappa shape index (κ1) is 17.8. The summed E-state index contributed by atoms with van der Waals surface area (Å²) in [6.07, 6.45) is 1.13. The van der Waals surface area contributed by atoms with Gasteiger partial charge >= 0.3 is 6.18 Å². The van der Waals surface area contributed by atoms with Crippen molar-refractivity contribution in [2.45, 2.75) is 64.2 Å². The number of carbonyl (C=O) groups is 1. The summed E-state index contributed by atoms with van der Waals surface area (Å²) in [5, 5.41) is 2.95. The van der Waals surface area contributed by atoms with Crippen LogP contribution in [0.3, 0.4) is 0 Å². The normalized spacial score (nSPS) is 24.0. The predicted molar refractivity (Wildman–Crippen MR) is 88.6 cm³/mol. The lowest BCUT2D eigenvalue weighted by molar-refractivity contribution is -0.163. The van der Waals surface area contributed by atoms with Gasteiger partial charge in [-0.25, -0.2) is 9.66 Å². The molecule has 0 saturated heterocycles. The molecule has 1 aromatic heterocycles. The monoisotopic (exact) mass is 356 g/mol. The molecule has 2 N–H and O–H groups in total. The molecule has 0 spiro atoms. The number of hydrogen-bond donors (Lipinski definition) is 2. The van der Waals surface area contributed by atoms with Crippen LogP contribution in [0, 0.1) is 5.92 Å². The summed E-state index contributed by atoms with van der Waals surface area (Å²) in [6.45, 7) is 6.49. The van der Waals surface area contributed by atoms with Crippen molar-refractivity contribution >= 4 is 11.5 Å². The van der Waals surface area contributed by atoms with Gasteiger partial charge in [0.15, 0.2) is 11.4 Å². The van der Waals surface area contributed by atoms with E-state index in [1.165, 1.54) is 6.20 Å². The van der Waals surface area contributed by atoms with Gasteiger partial charge in [0, 0.05) is 5.54 Å². The molecule has 0 bridgehead atoms. The van der Waals surface area contributed by atoms with E-state index in [1.54, 1.807) is 6.92 Å². The Kier molecular flexibility index (Phi) is 3.92. The van der Waals surface area contributed by atoms with Crippen LogP contribution in [-0.4, -0.2) is 32.8 Å². The summed E-state index contributed by atoms with van der Waals surface area (Å²) in [5.74, 6) is 0.269. The van der Waals surface area contributed by atoms with Crippen molar-refractivity contribution < 1.29 is 18.0 Å². The molecular formula is C17H23F3N4O. The van der Waals surface area contributed by atoms with E-state index in [4.69, 9.17) is 0 Å². The number of aromatic nitrogens is 2. The standard InChI is InChI=1S/C17H23F3N4O/c1-10-8-16(4,17(18,19)20)23-24-12(9-21-13(10)24)14(25)22-15(2,3)11-6-5-7-11/h8-9,11,23H,5-7H2,1-4H3,(H,22,25). The molecule has 25 heavy (non-hydrogen) atoms. The van der Waals surface area contributed by atoms with Gasteiger partial charge in [0.05, 0.1) is 6.20 Å². The molecule has 1 amide bonds. The Bertz CT molecular complexity index is 731. The molecule has 1 aliphatic carbocycles. The summed E-state index contributed by atoms with van der Waals surface area (Å²) in [7, 11) is 0. The third-order valence-electron chi connectivity index (χ3n) is 5.35. The number of hydrogen-bond acceptors (Lipinski definition) is 3. The van der Waals surface area contributed by atoms with Crippen LogP contribution in [0.1, 0.15) is 63.3 Å². The SMILES string of the molecule is CC1=CC(C)(C(F)(F)F)Nn2c(C(=O)NC(C)(C)C3CCC3)cnc21. The molecule has 1 saturated carbocycles. The van der Waals surface area contributed by atoms with Gasteiger partial charge in [-0.1, -0.05) is 6.42 Å². The number of nitrogens with one attached hydrogen (secondary N) is 2. The molecular weight excluding hydrogens is 333 g/mol. The highest BCUT2D eigenvalue weighted by Crippen LogP contribution is 2.38. The third kappa shape index (κ3) is 2.91. The number of fused-ring (bicyclic) bond motifs is 1.